The summed E-state index contributed by atoms with van der Waals surface area (Å²) in [5.74, 6) is 0.976. The van der Waals surface area contributed by atoms with Crippen LogP contribution in [0.25, 0.3) is 0 Å². The Labute approximate surface area is 132 Å². The fourth-order valence-electron chi connectivity index (χ4n) is 2.57. The highest BCUT2D eigenvalue weighted by Crippen LogP contribution is 2.18. The monoisotopic (exact) mass is 306 g/mol. The summed E-state index contributed by atoms with van der Waals surface area (Å²) in [6.07, 6.45) is 1.96. The van der Waals surface area contributed by atoms with E-state index < -0.39 is 0 Å². The van der Waals surface area contributed by atoms with E-state index in [2.05, 4.69) is 4.98 Å². The van der Waals surface area contributed by atoms with Gasteiger partial charge in [-0.3, -0.25) is 4.79 Å². The molecule has 0 aromatic carbocycles. The molecule has 1 aromatic rings. The molecule has 0 aliphatic carbocycles. The molecule has 1 amide bonds. The maximum absolute atomic E-state index is 12.2. The molecule has 1 unspecified atom stereocenters. The molecule has 5 nitrogen and oxygen atoms in total. The molecular weight excluding hydrogens is 280 g/mol. The molecule has 0 spiro atoms. The van der Waals surface area contributed by atoms with Gasteiger partial charge in [0.25, 0.3) is 0 Å². The van der Waals surface area contributed by atoms with E-state index in [-0.39, 0.29) is 24.0 Å². The smallest absolute Gasteiger partial charge is 0.222 e. The molecule has 1 aliphatic heterocycles. The molecule has 2 heterocycles. The lowest BCUT2D eigenvalue weighted by Gasteiger charge is -2.20. The van der Waals surface area contributed by atoms with Gasteiger partial charge in [0.1, 0.15) is 5.60 Å². The van der Waals surface area contributed by atoms with Gasteiger partial charge in [-0.1, -0.05) is 6.07 Å². The van der Waals surface area contributed by atoms with Gasteiger partial charge in [-0.25, -0.2) is 4.98 Å². The summed E-state index contributed by atoms with van der Waals surface area (Å²) in [4.78, 5) is 18.5. The van der Waals surface area contributed by atoms with Crippen LogP contribution in [0.4, 0.5) is 0 Å². The highest BCUT2D eigenvalue weighted by atomic mass is 16.5. The van der Waals surface area contributed by atoms with Gasteiger partial charge in [0.05, 0.1) is 0 Å². The van der Waals surface area contributed by atoms with Gasteiger partial charge in [-0.15, -0.1) is 0 Å². The molecule has 0 bridgehead atoms. The topological polar surface area (TPSA) is 62.7 Å². The Kier molecular flexibility index (Phi) is 5.40. The quantitative estimate of drug-likeness (QED) is 0.904. The largest absolute Gasteiger partial charge is 0.472 e. The molecule has 1 fully saturated rings. The molecule has 22 heavy (non-hydrogen) atoms. The molecular formula is C17H26N2O3. The summed E-state index contributed by atoms with van der Waals surface area (Å²) in [7, 11) is 0. The standard InChI is InChI=1S/C17H26N2O3/c1-17(2,3)22-15-6-4-5-14(18-15)7-8-16(21)19-10-9-13(11-19)12-20/h4-6,13,20H,7-12H2,1-3H3. The summed E-state index contributed by atoms with van der Waals surface area (Å²) in [6.45, 7) is 7.54. The molecule has 122 valence electrons. The number of ether oxygens (including phenoxy) is 1. The first-order valence-electron chi connectivity index (χ1n) is 7.91. The first-order chi connectivity index (χ1) is 10.4. The average Bonchev–Trinajstić information content (AvgIpc) is 2.92. The zero-order valence-electron chi connectivity index (χ0n) is 13.7. The second-order valence-electron chi connectivity index (χ2n) is 6.86. The van der Waals surface area contributed by atoms with Crippen molar-refractivity contribution >= 4 is 5.91 Å². The van der Waals surface area contributed by atoms with Crippen LogP contribution >= 0.6 is 0 Å². The van der Waals surface area contributed by atoms with Crippen molar-refractivity contribution in [2.24, 2.45) is 5.92 Å². The van der Waals surface area contributed by atoms with Crippen LogP contribution in [-0.2, 0) is 11.2 Å². The Morgan fingerprint density at radius 1 is 1.45 bits per heavy atom. The number of aliphatic hydroxyl groups excluding tert-OH is 1. The maximum Gasteiger partial charge on any atom is 0.222 e. The maximum atomic E-state index is 12.2. The minimum absolute atomic E-state index is 0.139. The SMILES string of the molecule is CC(C)(C)Oc1cccc(CCC(=O)N2CCC(CO)C2)n1. The normalized spacial score (nSPS) is 18.5. The van der Waals surface area contributed by atoms with Gasteiger partial charge < -0.3 is 14.7 Å². The molecule has 1 N–H and O–H groups in total. The van der Waals surface area contributed by atoms with E-state index in [0.29, 0.717) is 25.3 Å². The van der Waals surface area contributed by atoms with Gasteiger partial charge in [0.15, 0.2) is 0 Å². The third kappa shape index (κ3) is 4.98. The molecule has 0 saturated carbocycles. The Balaban J connectivity index is 1.86. The molecule has 1 saturated heterocycles. The molecule has 2 rings (SSSR count). The Bertz CT molecular complexity index is 511. The molecule has 1 aromatic heterocycles. The van der Waals surface area contributed by atoms with Gasteiger partial charge in [0.2, 0.25) is 11.8 Å². The van der Waals surface area contributed by atoms with Gasteiger partial charge in [-0.2, -0.15) is 0 Å². The lowest BCUT2D eigenvalue weighted by Crippen LogP contribution is -2.29. The predicted molar refractivity (Wildman–Crippen MR) is 84.7 cm³/mol. The number of aliphatic hydroxyl groups is 1. The van der Waals surface area contributed by atoms with Crippen LogP contribution in [0.5, 0.6) is 5.88 Å². The third-order valence-electron chi connectivity index (χ3n) is 3.68. The molecule has 5 heteroatoms. The van der Waals surface area contributed by atoms with Gasteiger partial charge in [-0.05, 0) is 39.7 Å². The number of rotatable bonds is 5. The second kappa shape index (κ2) is 7.09. The number of hydrogen-bond donors (Lipinski definition) is 1. The number of aryl methyl sites for hydroxylation is 1. The molecule has 1 atom stereocenters. The van der Waals surface area contributed by atoms with Crippen molar-refractivity contribution in [3.8, 4) is 5.88 Å². The minimum atomic E-state index is -0.281. The van der Waals surface area contributed by atoms with Crippen LogP contribution in [0.3, 0.4) is 0 Å². The first kappa shape index (κ1) is 16.7. The van der Waals surface area contributed by atoms with Crippen molar-refractivity contribution in [3.05, 3.63) is 23.9 Å². The van der Waals surface area contributed by atoms with Crippen molar-refractivity contribution in [2.75, 3.05) is 19.7 Å². The van der Waals surface area contributed by atoms with Gasteiger partial charge >= 0.3 is 0 Å². The zero-order valence-corrected chi connectivity index (χ0v) is 13.7. The lowest BCUT2D eigenvalue weighted by molar-refractivity contribution is -0.130. The number of amides is 1. The van der Waals surface area contributed by atoms with Crippen molar-refractivity contribution in [1.82, 2.24) is 9.88 Å². The van der Waals surface area contributed by atoms with E-state index in [1.165, 1.54) is 0 Å². The van der Waals surface area contributed by atoms with Crippen molar-refractivity contribution in [2.45, 2.75) is 45.6 Å². The minimum Gasteiger partial charge on any atom is -0.472 e. The number of hydrogen-bond acceptors (Lipinski definition) is 4. The van der Waals surface area contributed by atoms with Crippen LogP contribution in [0.1, 0.15) is 39.3 Å². The summed E-state index contributed by atoms with van der Waals surface area (Å²) in [6, 6.07) is 5.66. The zero-order chi connectivity index (χ0) is 16.2. The molecule has 1 aliphatic rings. The average molecular weight is 306 g/mol. The van der Waals surface area contributed by atoms with E-state index in [9.17, 15) is 4.79 Å². The highest BCUT2D eigenvalue weighted by molar-refractivity contribution is 5.76. The number of pyridine rings is 1. The third-order valence-corrected chi connectivity index (χ3v) is 3.68. The summed E-state index contributed by atoms with van der Waals surface area (Å²) in [5, 5.41) is 9.13. The molecule has 0 radical (unpaired) electrons. The number of carbonyl (C=O) groups is 1. The number of likely N-dealkylation sites (tertiary alicyclic amines) is 1. The van der Waals surface area contributed by atoms with E-state index in [4.69, 9.17) is 9.84 Å². The fourth-order valence-corrected chi connectivity index (χ4v) is 2.57. The second-order valence-corrected chi connectivity index (χ2v) is 6.86. The highest BCUT2D eigenvalue weighted by Gasteiger charge is 2.25. The lowest BCUT2D eigenvalue weighted by atomic mass is 10.1. The van der Waals surface area contributed by atoms with Crippen molar-refractivity contribution in [3.63, 3.8) is 0 Å². The number of nitrogens with zero attached hydrogens (tertiary/aromatic N) is 2. The van der Waals surface area contributed by atoms with Crippen LogP contribution in [0.15, 0.2) is 18.2 Å². The summed E-state index contributed by atoms with van der Waals surface area (Å²) in [5.41, 5.74) is 0.587. The van der Waals surface area contributed by atoms with E-state index in [1.807, 2.05) is 43.9 Å². The van der Waals surface area contributed by atoms with E-state index in [0.717, 1.165) is 18.7 Å². The summed E-state index contributed by atoms with van der Waals surface area (Å²) >= 11 is 0. The van der Waals surface area contributed by atoms with Crippen LogP contribution in [0, 0.1) is 5.92 Å². The van der Waals surface area contributed by atoms with E-state index in [1.54, 1.807) is 0 Å². The van der Waals surface area contributed by atoms with Crippen LogP contribution < -0.4 is 4.74 Å². The van der Waals surface area contributed by atoms with Crippen LogP contribution in [-0.4, -0.2) is 46.2 Å². The van der Waals surface area contributed by atoms with Gasteiger partial charge in [0, 0.05) is 43.8 Å². The first-order valence-corrected chi connectivity index (χ1v) is 7.91. The van der Waals surface area contributed by atoms with Crippen molar-refractivity contribution < 1.29 is 14.6 Å². The number of aromatic nitrogens is 1. The van der Waals surface area contributed by atoms with E-state index >= 15 is 0 Å². The van der Waals surface area contributed by atoms with Crippen molar-refractivity contribution in [1.29, 1.82) is 0 Å². The fraction of sp³-hybridized carbons (Fsp3) is 0.647. The van der Waals surface area contributed by atoms with Crippen LogP contribution in [0.2, 0.25) is 0 Å². The summed E-state index contributed by atoms with van der Waals surface area (Å²) < 4.78 is 5.74. The predicted octanol–water partition coefficient (Wildman–Crippen LogP) is 2.03. The Morgan fingerprint density at radius 2 is 2.23 bits per heavy atom. The Hall–Kier alpha value is -1.62. The number of carbonyl (C=O) groups excluding carboxylic acids is 1. The Morgan fingerprint density at radius 3 is 2.86 bits per heavy atom.